The molecule has 1 rings (SSSR count). The number of carbonyl (C=O) groups excluding carboxylic acids is 1. The summed E-state index contributed by atoms with van der Waals surface area (Å²) in [6.07, 6.45) is 2.84. The molecule has 0 aromatic heterocycles. The molecule has 0 heterocycles. The Kier molecular flexibility index (Phi) is 6.48. The Morgan fingerprint density at radius 2 is 1.82 bits per heavy atom. The van der Waals surface area contributed by atoms with Gasteiger partial charge in [0.05, 0.1) is 0 Å². The van der Waals surface area contributed by atoms with Gasteiger partial charge in [0.1, 0.15) is 0 Å². The molecule has 0 aliphatic rings. The van der Waals surface area contributed by atoms with Gasteiger partial charge in [-0.25, -0.2) is 4.79 Å². The predicted octanol–water partition coefficient (Wildman–Crippen LogP) is 2.98. The molecular formula is C13H19ClN2O. The van der Waals surface area contributed by atoms with Gasteiger partial charge in [0.15, 0.2) is 0 Å². The Balaban J connectivity index is 2.11. The van der Waals surface area contributed by atoms with Gasteiger partial charge in [-0.3, -0.25) is 0 Å². The fourth-order valence-corrected chi connectivity index (χ4v) is 1.57. The normalized spacial score (nSPS) is 10.0. The van der Waals surface area contributed by atoms with Crippen molar-refractivity contribution in [3.63, 3.8) is 0 Å². The second-order valence-electron chi connectivity index (χ2n) is 3.91. The number of hydrogen-bond donors (Lipinski definition) is 2. The zero-order valence-corrected chi connectivity index (χ0v) is 10.9. The van der Waals surface area contributed by atoms with Crippen LogP contribution >= 0.6 is 11.6 Å². The molecule has 0 atom stereocenters. The van der Waals surface area contributed by atoms with E-state index in [9.17, 15) is 4.79 Å². The maximum absolute atomic E-state index is 11.2. The third kappa shape index (κ3) is 6.17. The molecule has 3 nitrogen and oxygen atoms in total. The molecule has 0 spiro atoms. The van der Waals surface area contributed by atoms with Gasteiger partial charge in [0.25, 0.3) is 0 Å². The van der Waals surface area contributed by atoms with Crippen LogP contribution in [0, 0.1) is 0 Å². The van der Waals surface area contributed by atoms with Gasteiger partial charge < -0.3 is 10.6 Å². The summed E-state index contributed by atoms with van der Waals surface area (Å²) in [5, 5.41) is 6.35. The summed E-state index contributed by atoms with van der Waals surface area (Å²) < 4.78 is 0. The van der Waals surface area contributed by atoms with E-state index in [1.54, 1.807) is 0 Å². The number of aryl methyl sites for hydroxylation is 1. The van der Waals surface area contributed by atoms with E-state index >= 15 is 0 Å². The van der Waals surface area contributed by atoms with Crippen LogP contribution in [0.15, 0.2) is 24.3 Å². The summed E-state index contributed by atoms with van der Waals surface area (Å²) in [6.45, 7) is 3.45. The van der Waals surface area contributed by atoms with Crippen LogP contribution in [0.5, 0.6) is 0 Å². The van der Waals surface area contributed by atoms with E-state index in [0.717, 1.165) is 30.8 Å². The van der Waals surface area contributed by atoms with Gasteiger partial charge in [-0.2, -0.15) is 0 Å². The molecule has 0 radical (unpaired) electrons. The molecule has 94 valence electrons. The number of amides is 2. The lowest BCUT2D eigenvalue weighted by Gasteiger charge is -2.06. The van der Waals surface area contributed by atoms with E-state index in [-0.39, 0.29) is 6.03 Å². The monoisotopic (exact) mass is 254 g/mol. The van der Waals surface area contributed by atoms with Crippen molar-refractivity contribution >= 4 is 17.6 Å². The Labute approximate surface area is 108 Å². The van der Waals surface area contributed by atoms with E-state index in [2.05, 4.69) is 10.6 Å². The van der Waals surface area contributed by atoms with Crippen molar-refractivity contribution in [3.8, 4) is 0 Å². The molecule has 2 N–H and O–H groups in total. The van der Waals surface area contributed by atoms with E-state index in [4.69, 9.17) is 11.6 Å². The highest BCUT2D eigenvalue weighted by atomic mass is 35.5. The first-order chi connectivity index (χ1) is 8.22. The second-order valence-corrected chi connectivity index (χ2v) is 4.35. The van der Waals surface area contributed by atoms with Gasteiger partial charge >= 0.3 is 6.03 Å². The number of hydrogen-bond acceptors (Lipinski definition) is 1. The van der Waals surface area contributed by atoms with Gasteiger partial charge in [0.2, 0.25) is 0 Å². The fraction of sp³-hybridized carbons (Fsp3) is 0.462. The summed E-state index contributed by atoms with van der Waals surface area (Å²) in [6, 6.07) is 7.72. The molecule has 0 aliphatic heterocycles. The van der Waals surface area contributed by atoms with Crippen LogP contribution in [0.25, 0.3) is 0 Å². The number of rotatable bonds is 6. The van der Waals surface area contributed by atoms with E-state index in [1.807, 2.05) is 31.2 Å². The topological polar surface area (TPSA) is 41.1 Å². The first-order valence-corrected chi connectivity index (χ1v) is 6.36. The lowest BCUT2D eigenvalue weighted by molar-refractivity contribution is 0.241. The third-order valence-corrected chi connectivity index (χ3v) is 2.63. The van der Waals surface area contributed by atoms with Gasteiger partial charge in [0, 0.05) is 18.1 Å². The lowest BCUT2D eigenvalue weighted by Crippen LogP contribution is -2.36. The molecule has 0 aliphatic carbocycles. The second kappa shape index (κ2) is 7.96. The standard InChI is InChI=1S/C13H19ClN2O/c1-2-9-15-13(17)16-10-3-4-11-5-7-12(14)8-6-11/h5-8H,2-4,9-10H2,1H3,(H2,15,16,17). The van der Waals surface area contributed by atoms with E-state index in [0.29, 0.717) is 6.54 Å². The van der Waals surface area contributed by atoms with Gasteiger partial charge in [-0.1, -0.05) is 30.7 Å². The Morgan fingerprint density at radius 3 is 2.47 bits per heavy atom. The number of nitrogens with one attached hydrogen (secondary N) is 2. The largest absolute Gasteiger partial charge is 0.338 e. The van der Waals surface area contributed by atoms with Crippen LogP contribution in [-0.4, -0.2) is 19.1 Å². The molecule has 4 heteroatoms. The minimum Gasteiger partial charge on any atom is -0.338 e. The van der Waals surface area contributed by atoms with Gasteiger partial charge in [-0.15, -0.1) is 0 Å². The number of halogens is 1. The molecule has 1 aromatic carbocycles. The summed E-state index contributed by atoms with van der Waals surface area (Å²) in [5.74, 6) is 0. The van der Waals surface area contributed by atoms with Crippen LogP contribution in [0.3, 0.4) is 0 Å². The summed E-state index contributed by atoms with van der Waals surface area (Å²) in [7, 11) is 0. The average Bonchev–Trinajstić information content (AvgIpc) is 2.34. The van der Waals surface area contributed by atoms with Crippen molar-refractivity contribution in [2.45, 2.75) is 26.2 Å². The van der Waals surface area contributed by atoms with Crippen molar-refractivity contribution in [3.05, 3.63) is 34.9 Å². The molecule has 0 saturated heterocycles. The van der Waals surface area contributed by atoms with Crippen molar-refractivity contribution in [2.75, 3.05) is 13.1 Å². The highest BCUT2D eigenvalue weighted by molar-refractivity contribution is 6.30. The average molecular weight is 255 g/mol. The quantitative estimate of drug-likeness (QED) is 0.753. The van der Waals surface area contributed by atoms with Crippen LogP contribution in [-0.2, 0) is 6.42 Å². The maximum Gasteiger partial charge on any atom is 0.314 e. The van der Waals surface area contributed by atoms with Crippen LogP contribution in [0.4, 0.5) is 4.79 Å². The molecule has 0 fully saturated rings. The molecule has 0 bridgehead atoms. The van der Waals surface area contributed by atoms with Crippen LogP contribution in [0.1, 0.15) is 25.3 Å². The van der Waals surface area contributed by atoms with Crippen molar-refractivity contribution < 1.29 is 4.79 Å². The minimum atomic E-state index is -0.0806. The van der Waals surface area contributed by atoms with Crippen molar-refractivity contribution in [1.82, 2.24) is 10.6 Å². The lowest BCUT2D eigenvalue weighted by atomic mass is 10.1. The first-order valence-electron chi connectivity index (χ1n) is 5.98. The number of carbonyl (C=O) groups is 1. The Hall–Kier alpha value is -1.22. The zero-order chi connectivity index (χ0) is 12.5. The van der Waals surface area contributed by atoms with Crippen molar-refractivity contribution in [2.24, 2.45) is 0 Å². The van der Waals surface area contributed by atoms with Gasteiger partial charge in [-0.05, 0) is 37.0 Å². The Bertz CT molecular complexity index is 338. The molecule has 2 amide bonds. The van der Waals surface area contributed by atoms with Crippen LogP contribution < -0.4 is 10.6 Å². The molecule has 1 aromatic rings. The summed E-state index contributed by atoms with van der Waals surface area (Å²) in [5.41, 5.74) is 1.24. The minimum absolute atomic E-state index is 0.0806. The highest BCUT2D eigenvalue weighted by Gasteiger charge is 1.98. The summed E-state index contributed by atoms with van der Waals surface area (Å²) in [4.78, 5) is 11.2. The first kappa shape index (κ1) is 13.8. The zero-order valence-electron chi connectivity index (χ0n) is 10.1. The molecular weight excluding hydrogens is 236 g/mol. The number of urea groups is 1. The SMILES string of the molecule is CCCNC(=O)NCCCc1ccc(Cl)cc1. The highest BCUT2D eigenvalue weighted by Crippen LogP contribution is 2.10. The predicted molar refractivity (Wildman–Crippen MR) is 71.5 cm³/mol. The Morgan fingerprint density at radius 1 is 1.18 bits per heavy atom. The van der Waals surface area contributed by atoms with Crippen molar-refractivity contribution in [1.29, 1.82) is 0 Å². The fourth-order valence-electron chi connectivity index (χ4n) is 1.45. The third-order valence-electron chi connectivity index (χ3n) is 2.38. The molecule has 17 heavy (non-hydrogen) atoms. The molecule has 0 unspecified atom stereocenters. The van der Waals surface area contributed by atoms with E-state index in [1.165, 1.54) is 5.56 Å². The molecule has 0 saturated carbocycles. The van der Waals surface area contributed by atoms with E-state index < -0.39 is 0 Å². The summed E-state index contributed by atoms with van der Waals surface area (Å²) >= 11 is 5.80. The number of benzene rings is 1. The van der Waals surface area contributed by atoms with Crippen LogP contribution in [0.2, 0.25) is 5.02 Å². The smallest absolute Gasteiger partial charge is 0.314 e. The maximum atomic E-state index is 11.2.